The summed E-state index contributed by atoms with van der Waals surface area (Å²) in [5, 5.41) is 6.88. The van der Waals surface area contributed by atoms with Crippen LogP contribution >= 0.6 is 0 Å². The van der Waals surface area contributed by atoms with E-state index in [1.165, 1.54) is 31.1 Å². The zero-order valence-electron chi connectivity index (χ0n) is 15.5. The third-order valence-corrected chi connectivity index (χ3v) is 5.09. The van der Waals surface area contributed by atoms with Crippen molar-refractivity contribution in [1.29, 1.82) is 0 Å². The summed E-state index contributed by atoms with van der Waals surface area (Å²) >= 11 is 0. The summed E-state index contributed by atoms with van der Waals surface area (Å²) in [5.74, 6) is 0.538. The van der Waals surface area contributed by atoms with Gasteiger partial charge in [0.15, 0.2) is 0 Å². The van der Waals surface area contributed by atoms with Gasteiger partial charge in [-0.2, -0.15) is 0 Å². The molecule has 3 rings (SSSR count). The fourth-order valence-corrected chi connectivity index (χ4v) is 3.40. The van der Waals surface area contributed by atoms with Crippen LogP contribution in [0, 0.1) is 0 Å². The molecule has 1 fully saturated rings. The van der Waals surface area contributed by atoms with Crippen LogP contribution in [-0.4, -0.2) is 26.2 Å². The first-order chi connectivity index (χ1) is 12.7. The highest BCUT2D eigenvalue weighted by molar-refractivity contribution is 5.69. The van der Waals surface area contributed by atoms with Crippen LogP contribution in [0.1, 0.15) is 41.9 Å². The van der Waals surface area contributed by atoms with Crippen molar-refractivity contribution in [1.82, 2.24) is 5.32 Å². The number of methoxy groups -OCH3 is 1. The third-order valence-electron chi connectivity index (χ3n) is 5.09. The summed E-state index contributed by atoms with van der Waals surface area (Å²) in [6.45, 7) is 3.07. The van der Waals surface area contributed by atoms with Gasteiger partial charge < -0.3 is 15.4 Å². The molecule has 0 bridgehead atoms. The molecule has 0 radical (unpaired) electrons. The second-order valence-corrected chi connectivity index (χ2v) is 6.89. The molecule has 1 heterocycles. The zero-order valence-corrected chi connectivity index (χ0v) is 15.5. The minimum atomic E-state index is -0.167. The Labute approximate surface area is 156 Å². The number of benzene rings is 2. The van der Waals surface area contributed by atoms with Gasteiger partial charge in [-0.25, -0.2) is 0 Å². The van der Waals surface area contributed by atoms with E-state index < -0.39 is 0 Å². The largest absolute Gasteiger partial charge is 0.469 e. The summed E-state index contributed by atoms with van der Waals surface area (Å²) in [6.07, 6.45) is 3.61. The van der Waals surface area contributed by atoms with Crippen molar-refractivity contribution in [3.05, 3.63) is 65.2 Å². The van der Waals surface area contributed by atoms with Crippen molar-refractivity contribution >= 4 is 11.7 Å². The van der Waals surface area contributed by atoms with Crippen molar-refractivity contribution in [2.75, 3.05) is 25.5 Å². The Hall–Kier alpha value is -2.33. The van der Waals surface area contributed by atoms with Gasteiger partial charge in [-0.05, 0) is 67.1 Å². The molecule has 2 N–H and O–H groups in total. The molecule has 0 amide bonds. The molecule has 0 spiro atoms. The molecule has 1 aliphatic heterocycles. The number of hydrogen-bond donors (Lipinski definition) is 2. The standard InChI is InChI=1S/C22H28N2O2/c1-26-22(25)11-6-17-4-9-21(10-5-17)24-16-18-2-7-19(8-3-18)20-12-14-23-15-13-20/h2-5,7-10,20,23-24H,6,11-16H2,1H3. The van der Waals surface area contributed by atoms with Gasteiger partial charge in [0.05, 0.1) is 7.11 Å². The highest BCUT2D eigenvalue weighted by atomic mass is 16.5. The minimum Gasteiger partial charge on any atom is -0.469 e. The van der Waals surface area contributed by atoms with Crippen molar-refractivity contribution in [2.45, 2.75) is 38.1 Å². The monoisotopic (exact) mass is 352 g/mol. The minimum absolute atomic E-state index is 0.167. The van der Waals surface area contributed by atoms with Crippen LogP contribution in [-0.2, 0) is 22.5 Å². The van der Waals surface area contributed by atoms with Gasteiger partial charge in [-0.1, -0.05) is 36.4 Å². The number of anilines is 1. The molecule has 0 aromatic heterocycles. The molecule has 4 heteroatoms. The summed E-state index contributed by atoms with van der Waals surface area (Å²) < 4.78 is 4.68. The number of ether oxygens (including phenoxy) is 1. The number of piperidine rings is 1. The Morgan fingerprint density at radius 3 is 2.35 bits per heavy atom. The molecule has 0 atom stereocenters. The summed E-state index contributed by atoms with van der Waals surface area (Å²) in [7, 11) is 1.42. The predicted octanol–water partition coefficient (Wildman–Crippen LogP) is 3.87. The van der Waals surface area contributed by atoms with Gasteiger partial charge in [0.1, 0.15) is 0 Å². The second kappa shape index (κ2) is 9.39. The van der Waals surface area contributed by atoms with Gasteiger partial charge in [0.2, 0.25) is 0 Å². The second-order valence-electron chi connectivity index (χ2n) is 6.89. The smallest absolute Gasteiger partial charge is 0.305 e. The predicted molar refractivity (Wildman–Crippen MR) is 105 cm³/mol. The average molecular weight is 352 g/mol. The van der Waals surface area contributed by atoms with Crippen LogP contribution in [0.3, 0.4) is 0 Å². The average Bonchev–Trinajstić information content (AvgIpc) is 2.72. The molecule has 138 valence electrons. The van der Waals surface area contributed by atoms with E-state index in [9.17, 15) is 4.79 Å². The molecule has 1 saturated heterocycles. The van der Waals surface area contributed by atoms with Gasteiger partial charge >= 0.3 is 5.97 Å². The number of rotatable bonds is 7. The Morgan fingerprint density at radius 2 is 1.69 bits per heavy atom. The van der Waals surface area contributed by atoms with Crippen molar-refractivity contribution in [2.24, 2.45) is 0 Å². The van der Waals surface area contributed by atoms with E-state index >= 15 is 0 Å². The maximum atomic E-state index is 11.2. The van der Waals surface area contributed by atoms with Crippen molar-refractivity contribution in [3.8, 4) is 0 Å². The molecule has 0 unspecified atom stereocenters. The topological polar surface area (TPSA) is 50.4 Å². The lowest BCUT2D eigenvalue weighted by Gasteiger charge is -2.23. The molecule has 0 aliphatic carbocycles. The summed E-state index contributed by atoms with van der Waals surface area (Å²) in [6, 6.07) is 17.3. The molecule has 2 aromatic carbocycles. The van der Waals surface area contributed by atoms with Gasteiger partial charge in [0, 0.05) is 18.7 Å². The van der Waals surface area contributed by atoms with Crippen molar-refractivity contribution in [3.63, 3.8) is 0 Å². The Bertz CT molecular complexity index is 689. The number of carbonyl (C=O) groups is 1. The first-order valence-corrected chi connectivity index (χ1v) is 9.44. The Balaban J connectivity index is 1.48. The van der Waals surface area contributed by atoms with E-state index in [2.05, 4.69) is 63.9 Å². The molecule has 0 saturated carbocycles. The van der Waals surface area contributed by atoms with Crippen LogP contribution in [0.2, 0.25) is 0 Å². The van der Waals surface area contributed by atoms with E-state index in [0.717, 1.165) is 30.9 Å². The van der Waals surface area contributed by atoms with E-state index in [1.807, 2.05) is 0 Å². The van der Waals surface area contributed by atoms with Crippen molar-refractivity contribution < 1.29 is 9.53 Å². The number of aryl methyl sites for hydroxylation is 1. The Kier molecular flexibility index (Phi) is 6.67. The fourth-order valence-electron chi connectivity index (χ4n) is 3.40. The highest BCUT2D eigenvalue weighted by Gasteiger charge is 2.14. The summed E-state index contributed by atoms with van der Waals surface area (Å²) in [5.41, 5.74) is 4.99. The van der Waals surface area contributed by atoms with Crippen LogP contribution < -0.4 is 10.6 Å². The van der Waals surface area contributed by atoms with Crippen LogP contribution in [0.15, 0.2) is 48.5 Å². The number of carbonyl (C=O) groups excluding carboxylic acids is 1. The van der Waals surface area contributed by atoms with Gasteiger partial charge in [0.25, 0.3) is 0 Å². The summed E-state index contributed by atoms with van der Waals surface area (Å²) in [4.78, 5) is 11.2. The molecule has 26 heavy (non-hydrogen) atoms. The molecule has 4 nitrogen and oxygen atoms in total. The van der Waals surface area contributed by atoms with E-state index in [1.54, 1.807) is 0 Å². The van der Waals surface area contributed by atoms with Crippen LogP contribution in [0.25, 0.3) is 0 Å². The van der Waals surface area contributed by atoms with Gasteiger partial charge in [-0.15, -0.1) is 0 Å². The molecule has 2 aromatic rings. The van der Waals surface area contributed by atoms with E-state index in [0.29, 0.717) is 18.8 Å². The number of hydrogen-bond acceptors (Lipinski definition) is 4. The lowest BCUT2D eigenvalue weighted by Crippen LogP contribution is -2.26. The molecular formula is C22H28N2O2. The quantitative estimate of drug-likeness (QED) is 0.743. The van der Waals surface area contributed by atoms with Gasteiger partial charge in [-0.3, -0.25) is 4.79 Å². The number of esters is 1. The molecule has 1 aliphatic rings. The Morgan fingerprint density at radius 1 is 1.04 bits per heavy atom. The van der Waals surface area contributed by atoms with Crippen LogP contribution in [0.4, 0.5) is 5.69 Å². The lowest BCUT2D eigenvalue weighted by atomic mass is 9.90. The van der Waals surface area contributed by atoms with Crippen LogP contribution in [0.5, 0.6) is 0 Å². The normalized spacial score (nSPS) is 14.8. The maximum Gasteiger partial charge on any atom is 0.305 e. The fraction of sp³-hybridized carbons (Fsp3) is 0.409. The molecular weight excluding hydrogens is 324 g/mol. The number of nitrogens with one attached hydrogen (secondary N) is 2. The first kappa shape index (κ1) is 18.5. The zero-order chi connectivity index (χ0) is 18.2. The lowest BCUT2D eigenvalue weighted by molar-refractivity contribution is -0.140. The maximum absolute atomic E-state index is 11.2. The SMILES string of the molecule is COC(=O)CCc1ccc(NCc2ccc(C3CCNCC3)cc2)cc1. The van der Waals surface area contributed by atoms with E-state index in [4.69, 9.17) is 0 Å². The highest BCUT2D eigenvalue weighted by Crippen LogP contribution is 2.25. The third kappa shape index (κ3) is 5.33. The first-order valence-electron chi connectivity index (χ1n) is 9.44. The van der Waals surface area contributed by atoms with E-state index in [-0.39, 0.29) is 5.97 Å².